The third-order valence-electron chi connectivity index (χ3n) is 2.44. The van der Waals surface area contributed by atoms with Gasteiger partial charge in [0.05, 0.1) is 5.56 Å². The second-order valence-corrected chi connectivity index (χ2v) is 3.89. The number of aromatic nitrogens is 2. The largest absolute Gasteiger partial charge is 0.384 e. The first-order valence-corrected chi connectivity index (χ1v) is 5.96. The highest BCUT2D eigenvalue weighted by Gasteiger charge is 2.08. The number of nitrogens with one attached hydrogen (secondary N) is 1. The summed E-state index contributed by atoms with van der Waals surface area (Å²) in [6, 6.07) is 8.15. The molecule has 0 aliphatic heterocycles. The van der Waals surface area contributed by atoms with Crippen LogP contribution in [0.2, 0.25) is 0 Å². The Hall–Kier alpha value is -3.22. The van der Waals surface area contributed by atoms with Crippen LogP contribution in [0.1, 0.15) is 21.6 Å². The van der Waals surface area contributed by atoms with E-state index in [9.17, 15) is 4.79 Å². The maximum absolute atomic E-state index is 12.0. The standard InChI is InChI=1S/C15H10N4O2/c16-9-12-3-4-13(18-10-12)15(21)19-14-8-11(2-1-7-20)5-6-17-14/h3-6,8,10,20H,7H2,(H,17,19,21). The second-order valence-electron chi connectivity index (χ2n) is 3.89. The van der Waals surface area contributed by atoms with Gasteiger partial charge in [-0.3, -0.25) is 4.79 Å². The number of aliphatic hydroxyl groups is 1. The highest BCUT2D eigenvalue weighted by molar-refractivity contribution is 6.02. The Balaban J connectivity index is 2.13. The molecule has 102 valence electrons. The molecule has 0 atom stereocenters. The summed E-state index contributed by atoms with van der Waals surface area (Å²) in [5, 5.41) is 19.9. The highest BCUT2D eigenvalue weighted by atomic mass is 16.2. The minimum atomic E-state index is -0.431. The lowest BCUT2D eigenvalue weighted by Gasteiger charge is -2.04. The number of amides is 1. The van der Waals surface area contributed by atoms with Crippen LogP contribution in [-0.2, 0) is 0 Å². The van der Waals surface area contributed by atoms with E-state index >= 15 is 0 Å². The molecule has 0 radical (unpaired) electrons. The molecular weight excluding hydrogens is 268 g/mol. The highest BCUT2D eigenvalue weighted by Crippen LogP contribution is 2.08. The average molecular weight is 278 g/mol. The lowest BCUT2D eigenvalue weighted by Crippen LogP contribution is -2.14. The van der Waals surface area contributed by atoms with Gasteiger partial charge in [0.1, 0.15) is 24.2 Å². The topological polar surface area (TPSA) is 98.9 Å². The molecule has 0 fully saturated rings. The summed E-state index contributed by atoms with van der Waals surface area (Å²) in [4.78, 5) is 19.9. The number of hydrogen-bond donors (Lipinski definition) is 2. The quantitative estimate of drug-likeness (QED) is 0.797. The first-order chi connectivity index (χ1) is 10.2. The van der Waals surface area contributed by atoms with Crippen molar-refractivity contribution in [2.24, 2.45) is 0 Å². The van der Waals surface area contributed by atoms with Gasteiger partial charge in [-0.2, -0.15) is 5.26 Å². The summed E-state index contributed by atoms with van der Waals surface area (Å²) in [5.74, 6) is 5.13. The minimum Gasteiger partial charge on any atom is -0.384 e. The normalized spacial score (nSPS) is 9.14. The van der Waals surface area contributed by atoms with E-state index < -0.39 is 5.91 Å². The number of pyridine rings is 2. The van der Waals surface area contributed by atoms with Crippen molar-refractivity contribution in [3.05, 3.63) is 53.5 Å². The van der Waals surface area contributed by atoms with E-state index in [0.29, 0.717) is 16.9 Å². The second kappa shape index (κ2) is 6.80. The van der Waals surface area contributed by atoms with Crippen LogP contribution >= 0.6 is 0 Å². The zero-order valence-corrected chi connectivity index (χ0v) is 10.9. The van der Waals surface area contributed by atoms with Gasteiger partial charge in [-0.15, -0.1) is 0 Å². The van der Waals surface area contributed by atoms with Gasteiger partial charge >= 0.3 is 0 Å². The number of rotatable bonds is 2. The summed E-state index contributed by atoms with van der Waals surface area (Å²) in [5.41, 5.74) is 1.19. The van der Waals surface area contributed by atoms with Crippen molar-refractivity contribution in [2.45, 2.75) is 0 Å². The predicted octanol–water partition coefficient (Wildman–Crippen LogP) is 0.944. The molecule has 0 spiro atoms. The molecule has 6 nitrogen and oxygen atoms in total. The lowest BCUT2D eigenvalue weighted by molar-refractivity contribution is 0.102. The van der Waals surface area contributed by atoms with Gasteiger partial charge in [0.15, 0.2) is 0 Å². The maximum Gasteiger partial charge on any atom is 0.275 e. The molecule has 0 bridgehead atoms. The zero-order valence-electron chi connectivity index (χ0n) is 10.9. The fourth-order valence-corrected chi connectivity index (χ4v) is 1.49. The van der Waals surface area contributed by atoms with Crippen molar-refractivity contribution >= 4 is 11.7 Å². The molecule has 2 N–H and O–H groups in total. The van der Waals surface area contributed by atoms with Crippen molar-refractivity contribution in [1.29, 1.82) is 5.26 Å². The number of hydrogen-bond acceptors (Lipinski definition) is 5. The van der Waals surface area contributed by atoms with Crippen LogP contribution in [-0.4, -0.2) is 27.6 Å². The number of aliphatic hydroxyl groups excluding tert-OH is 1. The number of carbonyl (C=O) groups excluding carboxylic acids is 1. The van der Waals surface area contributed by atoms with Crippen LogP contribution in [0.3, 0.4) is 0 Å². The van der Waals surface area contributed by atoms with Gasteiger partial charge in [0.25, 0.3) is 5.91 Å². The van der Waals surface area contributed by atoms with Gasteiger partial charge in [0, 0.05) is 18.0 Å². The van der Waals surface area contributed by atoms with Gasteiger partial charge < -0.3 is 10.4 Å². The number of nitrogens with zero attached hydrogens (tertiary/aromatic N) is 3. The van der Waals surface area contributed by atoms with E-state index in [2.05, 4.69) is 27.1 Å². The summed E-state index contributed by atoms with van der Waals surface area (Å²) in [6.45, 7) is -0.237. The third kappa shape index (κ3) is 3.87. The Bertz CT molecular complexity index is 752. The molecule has 0 unspecified atom stereocenters. The van der Waals surface area contributed by atoms with Gasteiger partial charge in [-0.05, 0) is 24.3 Å². The van der Waals surface area contributed by atoms with Gasteiger partial charge in [-0.1, -0.05) is 11.8 Å². The molecule has 1 amide bonds. The Labute approximate surface area is 121 Å². The molecule has 2 aromatic heterocycles. The summed E-state index contributed by atoms with van der Waals surface area (Å²) >= 11 is 0. The molecule has 0 aliphatic carbocycles. The van der Waals surface area contributed by atoms with Crippen LogP contribution in [0, 0.1) is 23.2 Å². The van der Waals surface area contributed by atoms with Crippen molar-refractivity contribution in [3.63, 3.8) is 0 Å². The molecule has 6 heteroatoms. The van der Waals surface area contributed by atoms with Crippen molar-refractivity contribution in [1.82, 2.24) is 9.97 Å². The Morgan fingerprint density at radius 2 is 2.14 bits per heavy atom. The molecule has 2 rings (SSSR count). The number of carbonyl (C=O) groups is 1. The first kappa shape index (κ1) is 14.2. The third-order valence-corrected chi connectivity index (χ3v) is 2.44. The Kier molecular flexibility index (Phi) is 4.60. The minimum absolute atomic E-state index is 0.183. The predicted molar refractivity (Wildman–Crippen MR) is 75.1 cm³/mol. The SMILES string of the molecule is N#Cc1ccc(C(=O)Nc2cc(C#CCO)ccn2)nc1. The smallest absolute Gasteiger partial charge is 0.275 e. The Morgan fingerprint density at radius 1 is 1.29 bits per heavy atom. The van der Waals surface area contributed by atoms with E-state index in [1.165, 1.54) is 24.5 Å². The molecule has 2 heterocycles. The fourth-order valence-electron chi connectivity index (χ4n) is 1.49. The van der Waals surface area contributed by atoms with Crippen LogP contribution in [0.5, 0.6) is 0 Å². The summed E-state index contributed by atoms with van der Waals surface area (Å²) in [7, 11) is 0. The van der Waals surface area contributed by atoms with E-state index in [1.54, 1.807) is 12.1 Å². The molecule has 21 heavy (non-hydrogen) atoms. The summed E-state index contributed by atoms with van der Waals surface area (Å²) < 4.78 is 0. The van der Waals surface area contributed by atoms with Crippen molar-refractivity contribution in [2.75, 3.05) is 11.9 Å². The zero-order chi connectivity index (χ0) is 15.1. The van der Waals surface area contributed by atoms with E-state index in [1.807, 2.05) is 6.07 Å². The van der Waals surface area contributed by atoms with Crippen molar-refractivity contribution < 1.29 is 9.90 Å². The average Bonchev–Trinajstić information content (AvgIpc) is 2.53. The maximum atomic E-state index is 12.0. The Morgan fingerprint density at radius 3 is 2.81 bits per heavy atom. The van der Waals surface area contributed by atoms with Crippen molar-refractivity contribution in [3.8, 4) is 17.9 Å². The molecule has 0 saturated carbocycles. The van der Waals surface area contributed by atoms with Crippen LogP contribution in [0.25, 0.3) is 0 Å². The molecular formula is C15H10N4O2. The van der Waals surface area contributed by atoms with E-state index in [-0.39, 0.29) is 12.3 Å². The summed E-state index contributed by atoms with van der Waals surface area (Å²) in [6.07, 6.45) is 2.83. The van der Waals surface area contributed by atoms with Gasteiger partial charge in [-0.25, -0.2) is 9.97 Å². The monoisotopic (exact) mass is 278 g/mol. The number of anilines is 1. The van der Waals surface area contributed by atoms with Crippen LogP contribution < -0.4 is 5.32 Å². The van der Waals surface area contributed by atoms with E-state index in [4.69, 9.17) is 10.4 Å². The lowest BCUT2D eigenvalue weighted by atomic mass is 10.2. The fraction of sp³-hybridized carbons (Fsp3) is 0.0667. The van der Waals surface area contributed by atoms with Crippen LogP contribution in [0.4, 0.5) is 5.82 Å². The first-order valence-electron chi connectivity index (χ1n) is 5.96. The molecule has 2 aromatic rings. The molecule has 0 saturated heterocycles. The van der Waals surface area contributed by atoms with E-state index in [0.717, 1.165) is 0 Å². The molecule has 0 aliphatic rings. The van der Waals surface area contributed by atoms with Gasteiger partial charge in [0.2, 0.25) is 0 Å². The van der Waals surface area contributed by atoms with Crippen LogP contribution in [0.15, 0.2) is 36.7 Å². The molecule has 0 aromatic carbocycles. The number of nitriles is 1.